The number of nitrogens with two attached hydrogens (primary N) is 1. The van der Waals surface area contributed by atoms with Gasteiger partial charge in [0.15, 0.2) is 0 Å². The van der Waals surface area contributed by atoms with Crippen LogP contribution in [0.3, 0.4) is 0 Å². The first kappa shape index (κ1) is 17.6. The second kappa shape index (κ2) is 6.97. The smallest absolute Gasteiger partial charge is 0.271 e. The number of rotatable bonds is 5. The van der Waals surface area contributed by atoms with Crippen LogP contribution >= 0.6 is 0 Å². The highest BCUT2D eigenvalue weighted by molar-refractivity contribution is 7.89. The molecule has 1 fully saturated rings. The van der Waals surface area contributed by atoms with Crippen molar-refractivity contribution in [3.05, 3.63) is 41.6 Å². The molecular weight excluding hydrogens is 340 g/mol. The molecule has 25 heavy (non-hydrogen) atoms. The highest BCUT2D eigenvalue weighted by Gasteiger charge is 2.30. The molecule has 1 amide bonds. The van der Waals surface area contributed by atoms with Gasteiger partial charge in [-0.3, -0.25) is 9.89 Å². The number of hydrogen-bond acceptors (Lipinski definition) is 4. The van der Waals surface area contributed by atoms with Crippen molar-refractivity contribution >= 4 is 15.9 Å². The van der Waals surface area contributed by atoms with E-state index in [-0.39, 0.29) is 17.6 Å². The van der Waals surface area contributed by atoms with Gasteiger partial charge in [0.25, 0.3) is 5.91 Å². The number of aromatic amines is 1. The Labute approximate surface area is 147 Å². The molecule has 1 unspecified atom stereocenters. The van der Waals surface area contributed by atoms with E-state index in [1.807, 2.05) is 24.3 Å². The SMILES string of the molecule is CCc1ccc(-c2cc(C(=O)N3CCC(CS(N)(=O)=O)C3)[nH]n2)cc1. The van der Waals surface area contributed by atoms with Crippen LogP contribution in [0.2, 0.25) is 0 Å². The lowest BCUT2D eigenvalue weighted by atomic mass is 10.1. The maximum absolute atomic E-state index is 12.6. The summed E-state index contributed by atoms with van der Waals surface area (Å²) in [5, 5.41) is 12.1. The van der Waals surface area contributed by atoms with Crippen LogP contribution < -0.4 is 5.14 Å². The Morgan fingerprint density at radius 1 is 1.36 bits per heavy atom. The standard InChI is InChI=1S/C17H22N4O3S/c1-2-12-3-5-14(6-4-12)15-9-16(20-19-15)17(22)21-8-7-13(10-21)11-25(18,23)24/h3-6,9,13H,2,7-8,10-11H2,1H3,(H,19,20)(H2,18,23,24). The third-order valence-corrected chi connectivity index (χ3v) is 5.44. The Hall–Kier alpha value is -2.19. The van der Waals surface area contributed by atoms with E-state index >= 15 is 0 Å². The number of benzene rings is 1. The summed E-state index contributed by atoms with van der Waals surface area (Å²) in [6.45, 7) is 3.02. The second-order valence-corrected chi connectivity index (χ2v) is 8.11. The number of hydrogen-bond donors (Lipinski definition) is 2. The quantitative estimate of drug-likeness (QED) is 0.837. The average Bonchev–Trinajstić information content (AvgIpc) is 3.22. The summed E-state index contributed by atoms with van der Waals surface area (Å²) in [7, 11) is -3.52. The molecule has 1 atom stereocenters. The van der Waals surface area contributed by atoms with Gasteiger partial charge in [-0.15, -0.1) is 0 Å². The van der Waals surface area contributed by atoms with Crippen LogP contribution in [-0.2, 0) is 16.4 Å². The molecule has 1 aliphatic rings. The monoisotopic (exact) mass is 362 g/mol. The lowest BCUT2D eigenvalue weighted by molar-refractivity contribution is 0.0782. The average molecular weight is 362 g/mol. The molecule has 1 aromatic carbocycles. The lowest BCUT2D eigenvalue weighted by Crippen LogP contribution is -2.31. The van der Waals surface area contributed by atoms with Crippen molar-refractivity contribution < 1.29 is 13.2 Å². The topological polar surface area (TPSA) is 109 Å². The number of sulfonamides is 1. The van der Waals surface area contributed by atoms with Gasteiger partial charge in [0.2, 0.25) is 10.0 Å². The molecule has 2 aromatic rings. The van der Waals surface area contributed by atoms with Gasteiger partial charge in [-0.25, -0.2) is 13.6 Å². The summed E-state index contributed by atoms with van der Waals surface area (Å²) in [5.74, 6) is -0.363. The van der Waals surface area contributed by atoms with Gasteiger partial charge in [0, 0.05) is 18.7 Å². The number of primary sulfonamides is 1. The molecule has 1 saturated heterocycles. The number of nitrogens with one attached hydrogen (secondary N) is 1. The fraction of sp³-hybridized carbons (Fsp3) is 0.412. The molecule has 134 valence electrons. The normalized spacial score (nSPS) is 17.8. The molecule has 1 aliphatic heterocycles. The minimum absolute atomic E-state index is 0.0885. The molecule has 0 bridgehead atoms. The van der Waals surface area contributed by atoms with E-state index in [9.17, 15) is 13.2 Å². The maximum atomic E-state index is 12.6. The number of aryl methyl sites for hydroxylation is 1. The lowest BCUT2D eigenvalue weighted by Gasteiger charge is -2.15. The van der Waals surface area contributed by atoms with Gasteiger partial charge in [-0.1, -0.05) is 31.2 Å². The molecule has 0 aliphatic carbocycles. The number of H-pyrrole nitrogens is 1. The van der Waals surface area contributed by atoms with Gasteiger partial charge < -0.3 is 4.90 Å². The third-order valence-electron chi connectivity index (χ3n) is 4.51. The van der Waals surface area contributed by atoms with Crippen molar-refractivity contribution in [1.29, 1.82) is 0 Å². The third kappa shape index (κ3) is 4.26. The van der Waals surface area contributed by atoms with Crippen LogP contribution in [0.5, 0.6) is 0 Å². The van der Waals surface area contributed by atoms with Crippen molar-refractivity contribution in [2.45, 2.75) is 19.8 Å². The largest absolute Gasteiger partial charge is 0.337 e. The number of likely N-dealkylation sites (tertiary alicyclic amines) is 1. The molecule has 8 heteroatoms. The van der Waals surface area contributed by atoms with E-state index in [1.54, 1.807) is 11.0 Å². The van der Waals surface area contributed by atoms with Crippen molar-refractivity contribution in [3.63, 3.8) is 0 Å². The van der Waals surface area contributed by atoms with Crippen LogP contribution in [-0.4, -0.2) is 48.3 Å². The predicted molar refractivity (Wildman–Crippen MR) is 95.4 cm³/mol. The van der Waals surface area contributed by atoms with Crippen molar-refractivity contribution in [2.24, 2.45) is 11.1 Å². The Kier molecular flexibility index (Phi) is 4.91. The van der Waals surface area contributed by atoms with Gasteiger partial charge in [-0.2, -0.15) is 5.10 Å². The minimum Gasteiger partial charge on any atom is -0.337 e. The molecule has 1 aromatic heterocycles. The van der Waals surface area contributed by atoms with E-state index in [1.165, 1.54) is 5.56 Å². The van der Waals surface area contributed by atoms with Crippen LogP contribution in [0.25, 0.3) is 11.3 Å². The minimum atomic E-state index is -3.52. The van der Waals surface area contributed by atoms with Crippen molar-refractivity contribution in [1.82, 2.24) is 15.1 Å². The highest BCUT2D eigenvalue weighted by atomic mass is 32.2. The molecule has 3 rings (SSSR count). The number of carbonyl (C=O) groups is 1. The zero-order valence-corrected chi connectivity index (χ0v) is 14.9. The molecular formula is C17H22N4O3S. The Balaban J connectivity index is 1.68. The van der Waals surface area contributed by atoms with Crippen LogP contribution in [0.15, 0.2) is 30.3 Å². The fourth-order valence-electron chi connectivity index (χ4n) is 3.14. The zero-order valence-electron chi connectivity index (χ0n) is 14.1. The Morgan fingerprint density at radius 2 is 2.08 bits per heavy atom. The van der Waals surface area contributed by atoms with E-state index < -0.39 is 10.0 Å². The zero-order chi connectivity index (χ0) is 18.0. The Morgan fingerprint density at radius 3 is 2.72 bits per heavy atom. The summed E-state index contributed by atoms with van der Waals surface area (Å²) >= 11 is 0. The first-order valence-corrected chi connectivity index (χ1v) is 10.0. The molecule has 7 nitrogen and oxygen atoms in total. The van der Waals surface area contributed by atoms with Crippen molar-refractivity contribution in [3.8, 4) is 11.3 Å². The first-order chi connectivity index (χ1) is 11.9. The first-order valence-electron chi connectivity index (χ1n) is 8.30. The summed E-state index contributed by atoms with van der Waals surface area (Å²) in [4.78, 5) is 14.2. The molecule has 0 radical (unpaired) electrons. The van der Waals surface area contributed by atoms with E-state index in [0.717, 1.165) is 12.0 Å². The second-order valence-electron chi connectivity index (χ2n) is 6.45. The number of aromatic nitrogens is 2. The summed E-state index contributed by atoms with van der Waals surface area (Å²) in [6.07, 6.45) is 1.61. The van der Waals surface area contributed by atoms with Gasteiger partial charge >= 0.3 is 0 Å². The van der Waals surface area contributed by atoms with E-state index in [2.05, 4.69) is 17.1 Å². The van der Waals surface area contributed by atoms with Gasteiger partial charge in [0.1, 0.15) is 5.69 Å². The number of carbonyl (C=O) groups excluding carboxylic acids is 1. The van der Waals surface area contributed by atoms with Crippen LogP contribution in [0.4, 0.5) is 0 Å². The number of nitrogens with zero attached hydrogens (tertiary/aromatic N) is 2. The van der Waals surface area contributed by atoms with Gasteiger partial charge in [0.05, 0.1) is 11.4 Å². The molecule has 2 heterocycles. The predicted octanol–water partition coefficient (Wildman–Crippen LogP) is 1.39. The van der Waals surface area contributed by atoms with Crippen LogP contribution in [0, 0.1) is 5.92 Å². The fourth-order valence-corrected chi connectivity index (χ4v) is 4.07. The van der Waals surface area contributed by atoms with E-state index in [4.69, 9.17) is 5.14 Å². The summed E-state index contributed by atoms with van der Waals surface area (Å²) in [6, 6.07) is 9.80. The van der Waals surface area contributed by atoms with Crippen LogP contribution in [0.1, 0.15) is 29.4 Å². The Bertz CT molecular complexity index is 858. The molecule has 0 spiro atoms. The van der Waals surface area contributed by atoms with Gasteiger partial charge in [-0.05, 0) is 30.4 Å². The summed E-state index contributed by atoms with van der Waals surface area (Å²) < 4.78 is 22.4. The number of amides is 1. The highest BCUT2D eigenvalue weighted by Crippen LogP contribution is 2.22. The molecule has 3 N–H and O–H groups in total. The maximum Gasteiger partial charge on any atom is 0.271 e. The van der Waals surface area contributed by atoms with Crippen molar-refractivity contribution in [2.75, 3.05) is 18.8 Å². The molecule has 0 saturated carbocycles. The van der Waals surface area contributed by atoms with E-state index in [0.29, 0.717) is 30.9 Å². The summed E-state index contributed by atoms with van der Waals surface area (Å²) in [5.41, 5.74) is 3.31.